The maximum absolute atomic E-state index is 12.8. The molecular formula is C24H20N2O2S. The van der Waals surface area contributed by atoms with Crippen LogP contribution in [0.25, 0.3) is 16.9 Å². The average molecular weight is 401 g/mol. The molecule has 3 aromatic carbocycles. The van der Waals surface area contributed by atoms with Crippen molar-refractivity contribution in [1.29, 1.82) is 0 Å². The summed E-state index contributed by atoms with van der Waals surface area (Å²) in [6, 6.07) is 25.2. The van der Waals surface area contributed by atoms with E-state index in [4.69, 9.17) is 4.74 Å². The summed E-state index contributed by atoms with van der Waals surface area (Å²) >= 11 is 1.43. The van der Waals surface area contributed by atoms with Crippen LogP contribution in [-0.2, 0) is 0 Å². The second kappa shape index (κ2) is 8.29. The summed E-state index contributed by atoms with van der Waals surface area (Å²) < 4.78 is 7.55. The molecule has 0 aliphatic heterocycles. The molecule has 0 bridgehead atoms. The molecule has 4 aromatic rings. The minimum absolute atomic E-state index is 0.268. The third-order valence-corrected chi connectivity index (χ3v) is 5.43. The minimum Gasteiger partial charge on any atom is -0.495 e. The van der Waals surface area contributed by atoms with Crippen LogP contribution in [0.4, 0.5) is 0 Å². The molecule has 1 amide bonds. The molecule has 29 heavy (non-hydrogen) atoms. The second-order valence-electron chi connectivity index (χ2n) is 6.56. The summed E-state index contributed by atoms with van der Waals surface area (Å²) in [5.74, 6) is 0.447. The molecular weight excluding hydrogens is 380 g/mol. The van der Waals surface area contributed by atoms with Gasteiger partial charge < -0.3 is 4.74 Å². The number of hydrogen-bond donors (Lipinski definition) is 0. The molecule has 4 nitrogen and oxygen atoms in total. The van der Waals surface area contributed by atoms with Crippen molar-refractivity contribution in [2.75, 3.05) is 7.11 Å². The first kappa shape index (κ1) is 18.9. The van der Waals surface area contributed by atoms with Gasteiger partial charge in [-0.05, 0) is 36.8 Å². The number of aromatic nitrogens is 1. The molecule has 0 fully saturated rings. The van der Waals surface area contributed by atoms with Crippen LogP contribution in [0.1, 0.15) is 15.9 Å². The van der Waals surface area contributed by atoms with Crippen LogP contribution in [0.5, 0.6) is 5.75 Å². The second-order valence-corrected chi connectivity index (χ2v) is 7.40. The van der Waals surface area contributed by atoms with Crippen LogP contribution in [-0.4, -0.2) is 17.6 Å². The average Bonchev–Trinajstić information content (AvgIpc) is 3.18. The summed E-state index contributed by atoms with van der Waals surface area (Å²) in [6.45, 7) is 1.99. The van der Waals surface area contributed by atoms with E-state index in [9.17, 15) is 4.79 Å². The van der Waals surface area contributed by atoms with Crippen molar-refractivity contribution in [1.82, 2.24) is 4.57 Å². The maximum atomic E-state index is 12.8. The lowest BCUT2D eigenvalue weighted by molar-refractivity contribution is 0.0998. The quantitative estimate of drug-likeness (QED) is 0.469. The summed E-state index contributed by atoms with van der Waals surface area (Å²) in [5.41, 5.74) is 4.50. The van der Waals surface area contributed by atoms with Crippen LogP contribution in [0, 0.1) is 6.92 Å². The van der Waals surface area contributed by atoms with Crippen molar-refractivity contribution in [3.05, 3.63) is 100 Å². The maximum Gasteiger partial charge on any atom is 0.279 e. The summed E-state index contributed by atoms with van der Waals surface area (Å²) in [5, 5.41) is 2.02. The van der Waals surface area contributed by atoms with E-state index in [2.05, 4.69) is 4.99 Å². The van der Waals surface area contributed by atoms with E-state index >= 15 is 0 Å². The fourth-order valence-corrected chi connectivity index (χ4v) is 3.99. The van der Waals surface area contributed by atoms with Gasteiger partial charge in [0.2, 0.25) is 0 Å². The van der Waals surface area contributed by atoms with Crippen LogP contribution in [0.15, 0.2) is 89.2 Å². The zero-order chi connectivity index (χ0) is 20.2. The third kappa shape index (κ3) is 3.91. The number of para-hydroxylation sites is 2. The van der Waals surface area contributed by atoms with Crippen LogP contribution in [0.3, 0.4) is 0 Å². The molecule has 144 valence electrons. The Morgan fingerprint density at radius 1 is 0.931 bits per heavy atom. The molecule has 0 aliphatic rings. The van der Waals surface area contributed by atoms with Gasteiger partial charge in [-0.3, -0.25) is 9.36 Å². The number of ether oxygens (including phenoxy) is 1. The Bertz CT molecular complexity index is 1210. The van der Waals surface area contributed by atoms with Crippen molar-refractivity contribution in [2.24, 2.45) is 4.99 Å². The molecule has 5 heteroatoms. The highest BCUT2D eigenvalue weighted by atomic mass is 32.1. The molecule has 0 aliphatic carbocycles. The predicted octanol–water partition coefficient (Wildman–Crippen LogP) is 5.26. The Morgan fingerprint density at radius 2 is 1.62 bits per heavy atom. The third-order valence-electron chi connectivity index (χ3n) is 4.60. The summed E-state index contributed by atoms with van der Waals surface area (Å²) in [6.07, 6.45) is 0. The Hall–Kier alpha value is -3.44. The smallest absolute Gasteiger partial charge is 0.279 e. The summed E-state index contributed by atoms with van der Waals surface area (Å²) in [7, 11) is 1.64. The Kier molecular flexibility index (Phi) is 5.40. The Labute approximate surface area is 173 Å². The standard InChI is InChI=1S/C24H20N2O2S/c1-17-12-14-19(15-13-17)23(27)25-24-26(20-10-6-7-11-22(20)28-2)21(16-29-24)18-8-4-3-5-9-18/h3-16H,1-2H3. The number of rotatable bonds is 4. The number of nitrogens with zero attached hydrogens (tertiary/aromatic N) is 2. The van der Waals surface area contributed by atoms with Crippen LogP contribution < -0.4 is 9.54 Å². The molecule has 4 rings (SSSR count). The van der Waals surface area contributed by atoms with Crippen molar-refractivity contribution >= 4 is 17.2 Å². The van der Waals surface area contributed by atoms with Crippen LogP contribution in [0.2, 0.25) is 0 Å². The molecule has 0 unspecified atom stereocenters. The van der Waals surface area contributed by atoms with Crippen molar-refractivity contribution in [3.8, 4) is 22.7 Å². The van der Waals surface area contributed by atoms with E-state index in [0.717, 1.165) is 22.5 Å². The molecule has 0 N–H and O–H groups in total. The number of methoxy groups -OCH3 is 1. The molecule has 1 heterocycles. The molecule has 0 radical (unpaired) electrons. The monoisotopic (exact) mass is 400 g/mol. The topological polar surface area (TPSA) is 43.6 Å². The lowest BCUT2D eigenvalue weighted by Gasteiger charge is -2.13. The van der Waals surface area contributed by atoms with Gasteiger partial charge in [-0.15, -0.1) is 11.3 Å². The molecule has 0 atom stereocenters. The number of thiazole rings is 1. The normalized spacial score (nSPS) is 11.4. The highest BCUT2D eigenvalue weighted by Crippen LogP contribution is 2.28. The Balaban J connectivity index is 1.92. The highest BCUT2D eigenvalue weighted by Gasteiger charge is 2.15. The first-order valence-electron chi connectivity index (χ1n) is 9.22. The lowest BCUT2D eigenvalue weighted by atomic mass is 10.1. The number of aryl methyl sites for hydroxylation is 1. The SMILES string of the molecule is COc1ccccc1-n1c(-c2ccccc2)csc1=NC(=O)c1ccc(C)cc1. The van der Waals surface area contributed by atoms with Gasteiger partial charge in [0.1, 0.15) is 5.75 Å². The van der Waals surface area contributed by atoms with Gasteiger partial charge in [0, 0.05) is 10.9 Å². The van der Waals surface area contributed by atoms with Crippen LogP contribution >= 0.6 is 11.3 Å². The van der Waals surface area contributed by atoms with Gasteiger partial charge in [0.25, 0.3) is 5.91 Å². The first-order chi connectivity index (χ1) is 14.2. The van der Waals surface area contributed by atoms with E-state index in [0.29, 0.717) is 16.1 Å². The van der Waals surface area contributed by atoms with Gasteiger partial charge in [0.05, 0.1) is 18.5 Å². The number of benzene rings is 3. The fourth-order valence-electron chi connectivity index (χ4n) is 3.09. The van der Waals surface area contributed by atoms with Crippen molar-refractivity contribution < 1.29 is 9.53 Å². The lowest BCUT2D eigenvalue weighted by Crippen LogP contribution is -2.17. The van der Waals surface area contributed by atoms with E-state index in [-0.39, 0.29) is 5.91 Å². The van der Waals surface area contributed by atoms with E-state index < -0.39 is 0 Å². The molecule has 0 spiro atoms. The van der Waals surface area contributed by atoms with Gasteiger partial charge in [-0.25, -0.2) is 0 Å². The van der Waals surface area contributed by atoms with Crippen molar-refractivity contribution in [2.45, 2.75) is 6.92 Å². The highest BCUT2D eigenvalue weighted by molar-refractivity contribution is 7.07. The minimum atomic E-state index is -0.268. The van der Waals surface area contributed by atoms with Gasteiger partial charge in [0.15, 0.2) is 4.80 Å². The summed E-state index contributed by atoms with van der Waals surface area (Å²) in [4.78, 5) is 17.8. The largest absolute Gasteiger partial charge is 0.495 e. The zero-order valence-corrected chi connectivity index (χ0v) is 17.0. The number of amides is 1. The van der Waals surface area contributed by atoms with E-state index in [1.807, 2.05) is 83.6 Å². The first-order valence-corrected chi connectivity index (χ1v) is 10.1. The van der Waals surface area contributed by atoms with Gasteiger partial charge >= 0.3 is 0 Å². The zero-order valence-electron chi connectivity index (χ0n) is 16.2. The fraction of sp³-hybridized carbons (Fsp3) is 0.0833. The molecule has 0 saturated carbocycles. The predicted molar refractivity (Wildman–Crippen MR) is 117 cm³/mol. The number of carbonyl (C=O) groups excluding carboxylic acids is 1. The molecule has 1 aromatic heterocycles. The van der Waals surface area contributed by atoms with E-state index in [1.54, 1.807) is 19.2 Å². The number of hydrogen-bond acceptors (Lipinski definition) is 3. The molecule has 0 saturated heterocycles. The van der Waals surface area contributed by atoms with Gasteiger partial charge in [-0.2, -0.15) is 4.99 Å². The van der Waals surface area contributed by atoms with Crippen molar-refractivity contribution in [3.63, 3.8) is 0 Å². The van der Waals surface area contributed by atoms with Gasteiger partial charge in [-0.1, -0.05) is 60.2 Å². The number of carbonyl (C=O) groups is 1. The van der Waals surface area contributed by atoms with E-state index in [1.165, 1.54) is 11.3 Å². The Morgan fingerprint density at radius 3 is 2.34 bits per heavy atom.